The van der Waals surface area contributed by atoms with Crippen molar-refractivity contribution >= 4 is 0 Å². The Kier molecular flexibility index (Phi) is 4.31. The van der Waals surface area contributed by atoms with E-state index in [1.165, 1.54) is 12.8 Å². The summed E-state index contributed by atoms with van der Waals surface area (Å²) in [7, 11) is 2.16. The van der Waals surface area contributed by atoms with E-state index in [4.69, 9.17) is 10.2 Å². The minimum atomic E-state index is 0.0292. The van der Waals surface area contributed by atoms with Crippen LogP contribution in [0.1, 0.15) is 58.1 Å². The fraction of sp³-hybridized carbons (Fsp3) is 0.800. The third-order valence-corrected chi connectivity index (χ3v) is 4.04. The van der Waals surface area contributed by atoms with Crippen molar-refractivity contribution in [2.24, 2.45) is 5.73 Å². The lowest BCUT2D eigenvalue weighted by molar-refractivity contribution is 0.161. The molecular weight excluding hydrogens is 238 g/mol. The van der Waals surface area contributed by atoms with Gasteiger partial charge in [0, 0.05) is 17.5 Å². The molecule has 0 unspecified atom stereocenters. The van der Waals surface area contributed by atoms with E-state index in [0.717, 1.165) is 31.0 Å². The molecule has 0 atom stereocenters. The van der Waals surface area contributed by atoms with E-state index < -0.39 is 0 Å². The molecule has 1 fully saturated rings. The molecule has 19 heavy (non-hydrogen) atoms. The summed E-state index contributed by atoms with van der Waals surface area (Å²) in [6, 6.07) is 1.02. The Morgan fingerprint density at radius 2 is 1.95 bits per heavy atom. The molecular formula is C15H27N3O. The van der Waals surface area contributed by atoms with E-state index in [9.17, 15) is 0 Å². The van der Waals surface area contributed by atoms with E-state index in [0.29, 0.717) is 12.1 Å². The number of aromatic nitrogens is 1. The van der Waals surface area contributed by atoms with Crippen LogP contribution in [0.3, 0.4) is 0 Å². The summed E-state index contributed by atoms with van der Waals surface area (Å²) < 4.78 is 5.85. The molecule has 108 valence electrons. The Labute approximate surface area is 116 Å². The Balaban J connectivity index is 1.92. The molecule has 1 aromatic heterocycles. The predicted octanol–water partition coefficient (Wildman–Crippen LogP) is 2.67. The first-order valence-corrected chi connectivity index (χ1v) is 7.27. The maximum absolute atomic E-state index is 5.95. The van der Waals surface area contributed by atoms with Crippen molar-refractivity contribution in [3.8, 4) is 0 Å². The Hall–Kier alpha value is -0.870. The highest BCUT2D eigenvalue weighted by molar-refractivity contribution is 5.06. The summed E-state index contributed by atoms with van der Waals surface area (Å²) in [6.45, 7) is 7.21. The number of oxazole rings is 1. The van der Waals surface area contributed by atoms with Crippen molar-refractivity contribution in [3.05, 3.63) is 17.8 Å². The molecule has 1 saturated carbocycles. The number of nitrogens with two attached hydrogens (primary N) is 1. The van der Waals surface area contributed by atoms with Crippen LogP contribution in [0, 0.1) is 0 Å². The van der Waals surface area contributed by atoms with Gasteiger partial charge in [-0.1, -0.05) is 20.8 Å². The molecule has 1 aromatic rings. The summed E-state index contributed by atoms with van der Waals surface area (Å²) in [5.41, 5.74) is 5.98. The molecule has 4 heteroatoms. The van der Waals surface area contributed by atoms with E-state index in [-0.39, 0.29) is 5.41 Å². The van der Waals surface area contributed by atoms with Crippen molar-refractivity contribution in [3.63, 3.8) is 0 Å². The van der Waals surface area contributed by atoms with Gasteiger partial charge in [0.25, 0.3) is 0 Å². The van der Waals surface area contributed by atoms with Gasteiger partial charge in [0.1, 0.15) is 5.76 Å². The zero-order chi connectivity index (χ0) is 14.0. The second-order valence-corrected chi connectivity index (χ2v) is 6.85. The fourth-order valence-corrected chi connectivity index (χ4v) is 2.61. The van der Waals surface area contributed by atoms with Gasteiger partial charge in [-0.15, -0.1) is 0 Å². The molecule has 1 aliphatic rings. The summed E-state index contributed by atoms with van der Waals surface area (Å²) in [5, 5.41) is 0. The van der Waals surface area contributed by atoms with Gasteiger partial charge < -0.3 is 10.2 Å². The third kappa shape index (κ3) is 3.80. The van der Waals surface area contributed by atoms with Crippen LogP contribution >= 0.6 is 0 Å². The van der Waals surface area contributed by atoms with Crippen LogP contribution in [0.25, 0.3) is 0 Å². The SMILES string of the molecule is CN(Cc1ncc(C(C)(C)C)o1)C1CCC(N)CC1. The molecule has 0 radical (unpaired) electrons. The minimum absolute atomic E-state index is 0.0292. The maximum Gasteiger partial charge on any atom is 0.208 e. The van der Waals surface area contributed by atoms with Crippen molar-refractivity contribution < 1.29 is 4.42 Å². The number of nitrogens with zero attached hydrogens (tertiary/aromatic N) is 2. The fourth-order valence-electron chi connectivity index (χ4n) is 2.61. The summed E-state index contributed by atoms with van der Waals surface area (Å²) in [6.07, 6.45) is 6.50. The zero-order valence-corrected chi connectivity index (χ0v) is 12.6. The highest BCUT2D eigenvalue weighted by Gasteiger charge is 2.24. The molecule has 2 rings (SSSR count). The minimum Gasteiger partial charge on any atom is -0.444 e. The van der Waals surface area contributed by atoms with E-state index in [2.05, 4.69) is 37.7 Å². The number of hydrogen-bond donors (Lipinski definition) is 1. The van der Waals surface area contributed by atoms with Crippen LogP contribution in [0.5, 0.6) is 0 Å². The molecule has 0 amide bonds. The molecule has 1 heterocycles. The number of rotatable bonds is 3. The van der Waals surface area contributed by atoms with Gasteiger partial charge in [-0.2, -0.15) is 0 Å². The van der Waals surface area contributed by atoms with Crippen LogP contribution in [0.15, 0.2) is 10.6 Å². The van der Waals surface area contributed by atoms with Gasteiger partial charge in [-0.3, -0.25) is 4.90 Å². The number of hydrogen-bond acceptors (Lipinski definition) is 4. The Morgan fingerprint density at radius 1 is 1.32 bits per heavy atom. The average Bonchev–Trinajstić information content (AvgIpc) is 2.78. The second kappa shape index (κ2) is 5.63. The van der Waals surface area contributed by atoms with Crippen LogP contribution < -0.4 is 5.73 Å². The lowest BCUT2D eigenvalue weighted by Crippen LogP contribution is -2.38. The van der Waals surface area contributed by atoms with Gasteiger partial charge in [-0.05, 0) is 32.7 Å². The second-order valence-electron chi connectivity index (χ2n) is 6.85. The highest BCUT2D eigenvalue weighted by atomic mass is 16.4. The van der Waals surface area contributed by atoms with E-state index in [1.807, 2.05) is 6.20 Å². The normalized spacial score (nSPS) is 24.9. The topological polar surface area (TPSA) is 55.3 Å². The molecule has 0 spiro atoms. The molecule has 0 aliphatic heterocycles. The Bertz CT molecular complexity index is 400. The predicted molar refractivity (Wildman–Crippen MR) is 76.9 cm³/mol. The van der Waals surface area contributed by atoms with Crippen molar-refractivity contribution in [1.29, 1.82) is 0 Å². The molecule has 4 nitrogen and oxygen atoms in total. The summed E-state index contributed by atoms with van der Waals surface area (Å²) >= 11 is 0. The monoisotopic (exact) mass is 265 g/mol. The van der Waals surface area contributed by atoms with Gasteiger partial charge in [-0.25, -0.2) is 4.98 Å². The molecule has 0 bridgehead atoms. The van der Waals surface area contributed by atoms with Gasteiger partial charge >= 0.3 is 0 Å². The molecule has 1 aliphatic carbocycles. The quantitative estimate of drug-likeness (QED) is 0.913. The first-order valence-electron chi connectivity index (χ1n) is 7.27. The summed E-state index contributed by atoms with van der Waals surface area (Å²) in [4.78, 5) is 6.75. The van der Waals surface area contributed by atoms with Gasteiger partial charge in [0.2, 0.25) is 5.89 Å². The van der Waals surface area contributed by atoms with Crippen LogP contribution in [0.2, 0.25) is 0 Å². The first kappa shape index (κ1) is 14.5. The zero-order valence-electron chi connectivity index (χ0n) is 12.6. The largest absolute Gasteiger partial charge is 0.444 e. The van der Waals surface area contributed by atoms with Gasteiger partial charge in [0.15, 0.2) is 0 Å². The summed E-state index contributed by atoms with van der Waals surface area (Å²) in [5.74, 6) is 1.78. The molecule has 0 saturated heterocycles. The molecule has 2 N–H and O–H groups in total. The lowest BCUT2D eigenvalue weighted by Gasteiger charge is -2.32. The van der Waals surface area contributed by atoms with E-state index >= 15 is 0 Å². The Morgan fingerprint density at radius 3 is 2.47 bits per heavy atom. The molecule has 0 aromatic carbocycles. The van der Waals surface area contributed by atoms with Crippen molar-refractivity contribution in [1.82, 2.24) is 9.88 Å². The standard InChI is InChI=1S/C15H27N3O/c1-15(2,3)13-9-17-14(19-13)10-18(4)12-7-5-11(16)6-8-12/h9,11-12H,5-8,10,16H2,1-4H3. The van der Waals surface area contributed by atoms with Crippen molar-refractivity contribution in [2.45, 2.75) is 70.5 Å². The van der Waals surface area contributed by atoms with Crippen molar-refractivity contribution in [2.75, 3.05) is 7.05 Å². The third-order valence-electron chi connectivity index (χ3n) is 4.04. The van der Waals surface area contributed by atoms with E-state index in [1.54, 1.807) is 0 Å². The van der Waals surface area contributed by atoms with Crippen LogP contribution in [0.4, 0.5) is 0 Å². The average molecular weight is 265 g/mol. The smallest absolute Gasteiger partial charge is 0.208 e. The van der Waals surface area contributed by atoms with Crippen LogP contribution in [-0.4, -0.2) is 29.0 Å². The maximum atomic E-state index is 5.95. The lowest BCUT2D eigenvalue weighted by atomic mass is 9.91. The van der Waals surface area contributed by atoms with Crippen LogP contribution in [-0.2, 0) is 12.0 Å². The first-order chi connectivity index (χ1) is 8.86. The highest BCUT2D eigenvalue weighted by Crippen LogP contribution is 2.25. The van der Waals surface area contributed by atoms with Gasteiger partial charge in [0.05, 0.1) is 12.7 Å².